The second-order valence-corrected chi connectivity index (χ2v) is 8.21. The molecule has 27 heavy (non-hydrogen) atoms. The minimum absolute atomic E-state index is 0.129. The van der Waals surface area contributed by atoms with Crippen LogP contribution in [-0.2, 0) is 10.0 Å². The van der Waals surface area contributed by atoms with Gasteiger partial charge in [-0.2, -0.15) is 0 Å². The number of nitrogens with one attached hydrogen (secondary N) is 2. The van der Waals surface area contributed by atoms with Crippen LogP contribution < -0.4 is 9.62 Å². The van der Waals surface area contributed by atoms with Crippen LogP contribution in [0.1, 0.15) is 10.4 Å². The number of anilines is 2. The van der Waals surface area contributed by atoms with E-state index in [0.29, 0.717) is 22.0 Å². The van der Waals surface area contributed by atoms with Gasteiger partial charge in [0, 0.05) is 46.2 Å². The van der Waals surface area contributed by atoms with Gasteiger partial charge in [-0.3, -0.25) is 9.52 Å². The topological polar surface area (TPSA) is 82.3 Å². The van der Waals surface area contributed by atoms with Gasteiger partial charge in [0.2, 0.25) is 0 Å². The maximum Gasteiger partial charge on any atom is 0.262 e. The van der Waals surface area contributed by atoms with Crippen LogP contribution in [0.2, 0.25) is 0 Å². The summed E-state index contributed by atoms with van der Waals surface area (Å²) < 4.78 is 28.8. The Morgan fingerprint density at radius 1 is 1.04 bits per heavy atom. The Hall–Kier alpha value is -3.32. The molecule has 1 aliphatic rings. The standard InChI is InChI=1S/C20H15N3O3S/c1-23-17-7-8-18(14-3-2-4-15(19(14)17)20(23)24)27(25,26)22-13-5-6-16-12(11-13)9-10-21-16/h2-11,21-22H,1H3. The molecule has 0 atom stereocenters. The Kier molecular flexibility index (Phi) is 3.14. The van der Waals surface area contributed by atoms with Gasteiger partial charge in [-0.15, -0.1) is 0 Å². The Bertz CT molecular complexity index is 1360. The number of hydrogen-bond acceptors (Lipinski definition) is 3. The number of H-pyrrole nitrogens is 1. The van der Waals surface area contributed by atoms with Crippen molar-refractivity contribution in [2.75, 3.05) is 16.7 Å². The number of rotatable bonds is 3. The van der Waals surface area contributed by atoms with Crippen LogP contribution in [0.3, 0.4) is 0 Å². The molecule has 6 nitrogen and oxygen atoms in total. The molecular weight excluding hydrogens is 362 g/mol. The largest absolute Gasteiger partial charge is 0.361 e. The molecule has 7 heteroatoms. The number of amides is 1. The summed E-state index contributed by atoms with van der Waals surface area (Å²) in [7, 11) is -2.13. The highest BCUT2D eigenvalue weighted by Crippen LogP contribution is 2.39. The van der Waals surface area contributed by atoms with E-state index in [0.717, 1.165) is 16.6 Å². The lowest BCUT2D eigenvalue weighted by atomic mass is 10.1. The molecule has 0 spiro atoms. The van der Waals surface area contributed by atoms with Crippen LogP contribution in [0.5, 0.6) is 0 Å². The number of sulfonamides is 1. The summed E-state index contributed by atoms with van der Waals surface area (Å²) in [5, 5.41) is 2.13. The average Bonchev–Trinajstić information content (AvgIpc) is 3.21. The van der Waals surface area contributed by atoms with Gasteiger partial charge < -0.3 is 9.88 Å². The van der Waals surface area contributed by atoms with Gasteiger partial charge in [0.15, 0.2) is 0 Å². The fourth-order valence-electron chi connectivity index (χ4n) is 3.67. The van der Waals surface area contributed by atoms with Crippen molar-refractivity contribution in [2.24, 2.45) is 0 Å². The number of aromatic amines is 1. The first-order chi connectivity index (χ1) is 13.0. The third kappa shape index (κ3) is 2.25. The van der Waals surface area contributed by atoms with Gasteiger partial charge in [0.05, 0.1) is 10.6 Å². The number of nitrogens with zero attached hydrogens (tertiary/aromatic N) is 1. The Morgan fingerprint density at radius 3 is 2.74 bits per heavy atom. The van der Waals surface area contributed by atoms with E-state index in [9.17, 15) is 13.2 Å². The van der Waals surface area contributed by atoms with Crippen LogP contribution in [0.4, 0.5) is 11.4 Å². The second-order valence-electron chi connectivity index (χ2n) is 6.56. The molecule has 1 aliphatic heterocycles. The summed E-state index contributed by atoms with van der Waals surface area (Å²) in [6.07, 6.45) is 1.81. The first kappa shape index (κ1) is 15.9. The van der Waals surface area contributed by atoms with Crippen molar-refractivity contribution in [3.05, 3.63) is 66.4 Å². The molecule has 1 amide bonds. The molecule has 0 aliphatic carbocycles. The van der Waals surface area contributed by atoms with E-state index in [2.05, 4.69) is 9.71 Å². The fourth-order valence-corrected chi connectivity index (χ4v) is 4.92. The normalized spacial score (nSPS) is 13.7. The number of carbonyl (C=O) groups excluding carboxylic acids is 1. The SMILES string of the molecule is CN1C(=O)c2cccc3c(S(=O)(=O)Nc4ccc5[nH]ccc5c4)ccc1c23. The molecule has 0 saturated heterocycles. The number of carbonyl (C=O) groups is 1. The molecule has 2 heterocycles. The molecule has 0 radical (unpaired) electrons. The van der Waals surface area contributed by atoms with Gasteiger partial charge >= 0.3 is 0 Å². The summed E-state index contributed by atoms with van der Waals surface area (Å²) in [5.74, 6) is -0.129. The van der Waals surface area contributed by atoms with E-state index < -0.39 is 10.0 Å². The average molecular weight is 377 g/mol. The molecule has 0 unspecified atom stereocenters. The summed E-state index contributed by atoms with van der Waals surface area (Å²) >= 11 is 0. The number of fused-ring (bicyclic) bond motifs is 1. The van der Waals surface area contributed by atoms with Crippen LogP contribution >= 0.6 is 0 Å². The van der Waals surface area contributed by atoms with Crippen LogP contribution in [0.15, 0.2) is 65.7 Å². The van der Waals surface area contributed by atoms with Crippen molar-refractivity contribution in [2.45, 2.75) is 4.90 Å². The minimum atomic E-state index is -3.82. The Balaban J connectivity index is 1.65. The fraction of sp³-hybridized carbons (Fsp3) is 0.0500. The smallest absolute Gasteiger partial charge is 0.262 e. The van der Waals surface area contributed by atoms with E-state index in [1.807, 2.05) is 12.1 Å². The highest BCUT2D eigenvalue weighted by Gasteiger charge is 2.30. The molecular formula is C20H15N3O3S. The van der Waals surface area contributed by atoms with Gasteiger partial charge in [0.1, 0.15) is 0 Å². The van der Waals surface area contributed by atoms with E-state index in [1.165, 1.54) is 0 Å². The third-order valence-electron chi connectivity index (χ3n) is 4.97. The maximum absolute atomic E-state index is 13.1. The Morgan fingerprint density at radius 2 is 1.89 bits per heavy atom. The van der Waals surface area contributed by atoms with Gasteiger partial charge in [-0.1, -0.05) is 12.1 Å². The second kappa shape index (κ2) is 5.34. The monoisotopic (exact) mass is 377 g/mol. The van der Waals surface area contributed by atoms with Gasteiger partial charge in [0.25, 0.3) is 15.9 Å². The Labute approximate surface area is 155 Å². The van der Waals surface area contributed by atoms with E-state index in [4.69, 9.17) is 0 Å². The molecule has 4 aromatic rings. The molecule has 0 bridgehead atoms. The molecule has 2 N–H and O–H groups in total. The summed E-state index contributed by atoms with van der Waals surface area (Å²) in [5.41, 5.74) is 2.66. The van der Waals surface area contributed by atoms with Crippen LogP contribution in [-0.4, -0.2) is 26.4 Å². The van der Waals surface area contributed by atoms with E-state index in [1.54, 1.807) is 60.6 Å². The van der Waals surface area contributed by atoms with Crippen molar-refractivity contribution in [1.82, 2.24) is 4.98 Å². The maximum atomic E-state index is 13.1. The molecule has 134 valence electrons. The van der Waals surface area contributed by atoms with Crippen molar-refractivity contribution in [1.29, 1.82) is 0 Å². The third-order valence-corrected chi connectivity index (χ3v) is 6.41. The predicted molar refractivity (Wildman–Crippen MR) is 106 cm³/mol. The van der Waals surface area contributed by atoms with Crippen molar-refractivity contribution in [3.63, 3.8) is 0 Å². The highest BCUT2D eigenvalue weighted by atomic mass is 32.2. The van der Waals surface area contributed by atoms with Crippen LogP contribution in [0.25, 0.3) is 21.7 Å². The molecule has 0 fully saturated rings. The van der Waals surface area contributed by atoms with E-state index in [-0.39, 0.29) is 10.8 Å². The first-order valence-corrected chi connectivity index (χ1v) is 9.88. The van der Waals surface area contributed by atoms with Crippen molar-refractivity contribution < 1.29 is 13.2 Å². The van der Waals surface area contributed by atoms with Crippen molar-refractivity contribution >= 4 is 49.0 Å². The number of aromatic nitrogens is 1. The summed E-state index contributed by atoms with van der Waals surface area (Å²) in [6, 6.07) is 15.6. The lowest BCUT2D eigenvalue weighted by Gasteiger charge is -2.13. The van der Waals surface area contributed by atoms with E-state index >= 15 is 0 Å². The van der Waals surface area contributed by atoms with Crippen LogP contribution in [0, 0.1) is 0 Å². The number of hydrogen-bond donors (Lipinski definition) is 2. The van der Waals surface area contributed by atoms with Gasteiger partial charge in [-0.05, 0) is 42.5 Å². The summed E-state index contributed by atoms with van der Waals surface area (Å²) in [4.78, 5) is 17.2. The number of benzene rings is 3. The lowest BCUT2D eigenvalue weighted by Crippen LogP contribution is -2.20. The molecule has 3 aromatic carbocycles. The lowest BCUT2D eigenvalue weighted by molar-refractivity contribution is 0.0999. The zero-order valence-electron chi connectivity index (χ0n) is 14.4. The highest BCUT2D eigenvalue weighted by molar-refractivity contribution is 7.93. The summed E-state index contributed by atoms with van der Waals surface area (Å²) in [6.45, 7) is 0. The predicted octanol–water partition coefficient (Wildman–Crippen LogP) is 3.71. The molecule has 1 aromatic heterocycles. The quantitative estimate of drug-likeness (QED) is 0.571. The zero-order valence-corrected chi connectivity index (χ0v) is 15.2. The first-order valence-electron chi connectivity index (χ1n) is 8.39. The molecule has 0 saturated carbocycles. The van der Waals surface area contributed by atoms with Crippen molar-refractivity contribution in [3.8, 4) is 0 Å². The minimum Gasteiger partial charge on any atom is -0.361 e. The zero-order chi connectivity index (χ0) is 18.8. The van der Waals surface area contributed by atoms with Gasteiger partial charge in [-0.25, -0.2) is 8.42 Å². The molecule has 5 rings (SSSR count).